The number of hydrogen-bond donors (Lipinski definition) is 2. The van der Waals surface area contributed by atoms with Gasteiger partial charge < -0.3 is 24.4 Å². The summed E-state index contributed by atoms with van der Waals surface area (Å²) in [6, 6.07) is 4.54. The predicted molar refractivity (Wildman–Crippen MR) is 135 cm³/mol. The molecule has 3 aromatic rings. The molecule has 0 spiro atoms. The van der Waals surface area contributed by atoms with Crippen LogP contribution < -0.4 is 0 Å². The van der Waals surface area contributed by atoms with E-state index in [1.165, 1.54) is 6.07 Å². The molecule has 2 N–H and O–H groups in total. The van der Waals surface area contributed by atoms with Gasteiger partial charge in [-0.1, -0.05) is 15.8 Å². The fraction of sp³-hybridized carbons (Fsp3) is 0.407. The van der Waals surface area contributed by atoms with Crippen LogP contribution in [0.2, 0.25) is 0 Å². The molecule has 3 aliphatic rings. The molecule has 8 nitrogen and oxygen atoms in total. The number of aromatic nitrogens is 2. The Kier molecular flexibility index (Phi) is 5.36. The third kappa shape index (κ3) is 3.34. The molecule has 5 heterocycles. The van der Waals surface area contributed by atoms with Crippen molar-refractivity contribution in [3.8, 4) is 11.4 Å². The van der Waals surface area contributed by atoms with Crippen LogP contribution in [0.4, 0.5) is 4.39 Å². The summed E-state index contributed by atoms with van der Waals surface area (Å²) in [5, 5.41) is 22.8. The molecule has 0 aliphatic carbocycles. The Hall–Kier alpha value is -3.13. The molecular weight excluding hydrogens is 496 g/mol. The molecule has 2 aromatic heterocycles. The number of carbonyl (C=O) groups is 2. The Morgan fingerprint density at radius 3 is 2.73 bits per heavy atom. The zero-order chi connectivity index (χ0) is 26.4. The maximum atomic E-state index is 14.7. The third-order valence-corrected chi connectivity index (χ3v) is 8.66. The van der Waals surface area contributed by atoms with Gasteiger partial charge in [0, 0.05) is 34.7 Å². The summed E-state index contributed by atoms with van der Waals surface area (Å²) < 4.78 is 22.0. The molecule has 3 atom stereocenters. The van der Waals surface area contributed by atoms with Gasteiger partial charge in [-0.3, -0.25) is 4.79 Å². The van der Waals surface area contributed by atoms with Crippen LogP contribution in [0.1, 0.15) is 60.5 Å². The maximum absolute atomic E-state index is 14.7. The number of ether oxygens (including phenoxy) is 1. The standard InChI is InChI=1S/C27H27FN3O5P/c1-4-27(35)18-7-21-24-16(10-31(21)25(37)17(18)11-36-26(27)34)23(13(3)30-9-14(32)6-22(30)33)15-5-12(2)19(28)8-20(15)29-24/h5,7-8,13-14,32,35,37H,4,6,9-11H2,1-3H3/t13-,14+,27+/m1/s1. The van der Waals surface area contributed by atoms with E-state index in [1.54, 1.807) is 30.9 Å². The molecule has 37 heavy (non-hydrogen) atoms. The van der Waals surface area contributed by atoms with E-state index < -0.39 is 23.7 Å². The monoisotopic (exact) mass is 523 g/mol. The Balaban J connectivity index is 1.64. The van der Waals surface area contributed by atoms with Crippen molar-refractivity contribution in [2.75, 3.05) is 6.54 Å². The van der Waals surface area contributed by atoms with Crippen molar-refractivity contribution in [2.45, 2.75) is 64.5 Å². The van der Waals surface area contributed by atoms with Crippen LogP contribution >= 0.6 is 8.86 Å². The number of esters is 1. The van der Waals surface area contributed by atoms with Crippen molar-refractivity contribution in [3.63, 3.8) is 0 Å². The van der Waals surface area contributed by atoms with Gasteiger partial charge in [0.15, 0.2) is 5.60 Å². The summed E-state index contributed by atoms with van der Waals surface area (Å²) >= 11 is 0. The number of fused-ring (bicyclic) bond motifs is 5. The van der Waals surface area contributed by atoms with Gasteiger partial charge in [0.1, 0.15) is 12.4 Å². The zero-order valence-corrected chi connectivity index (χ0v) is 21.8. The molecule has 6 rings (SSSR count). The largest absolute Gasteiger partial charge is 0.458 e. The quantitative estimate of drug-likeness (QED) is 0.315. The highest BCUT2D eigenvalue weighted by molar-refractivity contribution is 7.07. The van der Waals surface area contributed by atoms with Crippen LogP contribution in [0.5, 0.6) is 0 Å². The number of benzene rings is 1. The molecule has 3 aliphatic heterocycles. The first-order chi connectivity index (χ1) is 17.5. The van der Waals surface area contributed by atoms with E-state index in [2.05, 4.69) is 8.86 Å². The number of rotatable bonds is 3. The van der Waals surface area contributed by atoms with Gasteiger partial charge in [-0.05, 0) is 43.5 Å². The van der Waals surface area contributed by atoms with Gasteiger partial charge in [0.25, 0.3) is 0 Å². The SMILES string of the molecule is CC[C@@]1(O)C(=O)OCc2c1cc1n(c2=P)Cc2c-1nc1cc(F)c(C)cc1c2[C@@H](C)N1C[C@@H](O)CC1=O. The molecule has 1 amide bonds. The normalized spacial score (nSPS) is 23.2. The molecule has 0 radical (unpaired) electrons. The second-order valence-electron chi connectivity index (χ2n) is 10.2. The van der Waals surface area contributed by atoms with Crippen molar-refractivity contribution in [2.24, 2.45) is 0 Å². The number of amides is 1. The summed E-state index contributed by atoms with van der Waals surface area (Å²) in [7, 11) is 3.74. The topological polar surface area (TPSA) is 105 Å². The molecule has 192 valence electrons. The molecular formula is C27H27FN3O5P. The average molecular weight is 524 g/mol. The van der Waals surface area contributed by atoms with E-state index in [4.69, 9.17) is 9.72 Å². The number of cyclic esters (lactones) is 1. The number of aryl methyl sites for hydroxylation is 1. The highest BCUT2D eigenvalue weighted by Gasteiger charge is 2.45. The summed E-state index contributed by atoms with van der Waals surface area (Å²) in [6.07, 6.45) is -0.524. The lowest BCUT2D eigenvalue weighted by molar-refractivity contribution is -0.172. The van der Waals surface area contributed by atoms with Crippen molar-refractivity contribution in [3.05, 3.63) is 56.9 Å². The second kappa shape index (κ2) is 8.18. The minimum Gasteiger partial charge on any atom is -0.458 e. The summed E-state index contributed by atoms with van der Waals surface area (Å²) in [4.78, 5) is 31.8. The van der Waals surface area contributed by atoms with E-state index in [0.29, 0.717) is 45.2 Å². The van der Waals surface area contributed by atoms with E-state index in [0.717, 1.165) is 16.5 Å². The first-order valence-electron chi connectivity index (χ1n) is 12.4. The average Bonchev–Trinajstić information content (AvgIpc) is 3.40. The van der Waals surface area contributed by atoms with E-state index in [-0.39, 0.29) is 37.7 Å². The first kappa shape index (κ1) is 24.2. The number of pyridine rings is 2. The van der Waals surface area contributed by atoms with Gasteiger partial charge in [-0.15, -0.1) is 0 Å². The third-order valence-electron chi connectivity index (χ3n) is 8.09. The van der Waals surface area contributed by atoms with Crippen LogP contribution in [0.25, 0.3) is 22.3 Å². The highest BCUT2D eigenvalue weighted by atomic mass is 31.0. The van der Waals surface area contributed by atoms with Gasteiger partial charge in [0.05, 0.1) is 47.1 Å². The number of aliphatic hydroxyl groups excluding tert-OH is 1. The second-order valence-corrected chi connectivity index (χ2v) is 10.7. The van der Waals surface area contributed by atoms with Crippen LogP contribution in [-0.4, -0.2) is 49.2 Å². The highest BCUT2D eigenvalue weighted by Crippen LogP contribution is 2.45. The lowest BCUT2D eigenvalue weighted by Crippen LogP contribution is -2.41. The van der Waals surface area contributed by atoms with Gasteiger partial charge in [-0.2, -0.15) is 0 Å². The van der Waals surface area contributed by atoms with E-state index in [9.17, 15) is 24.2 Å². The van der Waals surface area contributed by atoms with Crippen LogP contribution in [0.15, 0.2) is 18.2 Å². The van der Waals surface area contributed by atoms with Gasteiger partial charge >= 0.3 is 5.97 Å². The van der Waals surface area contributed by atoms with E-state index in [1.807, 2.05) is 11.5 Å². The fourth-order valence-corrected chi connectivity index (χ4v) is 6.40. The van der Waals surface area contributed by atoms with Crippen molar-refractivity contribution >= 4 is 31.6 Å². The number of likely N-dealkylation sites (tertiary alicyclic amines) is 1. The van der Waals surface area contributed by atoms with Crippen molar-refractivity contribution < 1.29 is 28.9 Å². The van der Waals surface area contributed by atoms with Gasteiger partial charge in [-0.25, -0.2) is 14.2 Å². The molecule has 0 saturated carbocycles. The number of halogens is 1. The minimum absolute atomic E-state index is 0.0230. The lowest BCUT2D eigenvalue weighted by atomic mass is 9.86. The number of aliphatic hydroxyl groups is 2. The molecule has 1 fully saturated rings. The Bertz CT molecular complexity index is 1600. The lowest BCUT2D eigenvalue weighted by Gasteiger charge is -2.32. The number of hydrogen-bond acceptors (Lipinski definition) is 6. The summed E-state index contributed by atoms with van der Waals surface area (Å²) in [5.41, 5.74) is 3.25. The van der Waals surface area contributed by atoms with Crippen LogP contribution in [0.3, 0.4) is 0 Å². The number of nitrogens with zero attached hydrogens (tertiary/aromatic N) is 3. The van der Waals surface area contributed by atoms with Crippen molar-refractivity contribution in [1.82, 2.24) is 14.5 Å². The summed E-state index contributed by atoms with van der Waals surface area (Å²) in [6.45, 7) is 5.99. The van der Waals surface area contributed by atoms with E-state index >= 15 is 0 Å². The van der Waals surface area contributed by atoms with Crippen LogP contribution in [-0.2, 0) is 33.1 Å². The molecule has 0 unspecified atom stereocenters. The minimum atomic E-state index is -1.79. The van der Waals surface area contributed by atoms with Gasteiger partial charge in [0.2, 0.25) is 5.91 Å². The maximum Gasteiger partial charge on any atom is 0.343 e. The fourth-order valence-electron chi connectivity index (χ4n) is 6.00. The smallest absolute Gasteiger partial charge is 0.343 e. The Morgan fingerprint density at radius 2 is 2.05 bits per heavy atom. The predicted octanol–water partition coefficient (Wildman–Crippen LogP) is 3.50. The van der Waals surface area contributed by atoms with Crippen molar-refractivity contribution in [1.29, 1.82) is 0 Å². The number of β-amino-alcohol motifs (C(OH)–C–C–N with tert-alkyl or cyclic N) is 1. The Labute approximate surface area is 214 Å². The molecule has 0 bridgehead atoms. The molecule has 10 heteroatoms. The zero-order valence-electron chi connectivity index (χ0n) is 20.8. The molecule has 1 saturated heterocycles. The molecule has 1 aromatic carbocycles. The Morgan fingerprint density at radius 1 is 1.30 bits per heavy atom. The number of carbonyl (C=O) groups excluding carboxylic acids is 2. The summed E-state index contributed by atoms with van der Waals surface area (Å²) in [5.74, 6) is -1.21. The van der Waals surface area contributed by atoms with Crippen LogP contribution in [0, 0.1) is 17.8 Å². The first-order valence-corrected chi connectivity index (χ1v) is 12.9.